The number of rotatable bonds is 5. The Morgan fingerprint density at radius 2 is 1.96 bits per heavy atom. The van der Waals surface area contributed by atoms with Crippen LogP contribution in [0, 0.1) is 6.92 Å². The highest BCUT2D eigenvalue weighted by atomic mass is 35.5. The largest absolute Gasteiger partial charge is 0.495 e. The zero-order chi connectivity index (χ0) is 18.5. The molecule has 0 atom stereocenters. The summed E-state index contributed by atoms with van der Waals surface area (Å²) in [4.78, 5) is 15.9. The van der Waals surface area contributed by atoms with Gasteiger partial charge in [0.05, 0.1) is 39.0 Å². The van der Waals surface area contributed by atoms with Crippen LogP contribution in [0.2, 0.25) is 5.02 Å². The Morgan fingerprint density at radius 3 is 2.65 bits per heavy atom. The molecule has 26 heavy (non-hydrogen) atoms. The van der Waals surface area contributed by atoms with Gasteiger partial charge in [0.1, 0.15) is 5.75 Å². The number of halogens is 1. The minimum absolute atomic E-state index is 0.0191. The summed E-state index contributed by atoms with van der Waals surface area (Å²) in [6.45, 7) is 6.05. The van der Waals surface area contributed by atoms with Crippen molar-refractivity contribution in [1.82, 2.24) is 0 Å². The number of hydrogen-bond acceptors (Lipinski definition) is 3. The molecule has 2 N–H and O–H groups in total. The summed E-state index contributed by atoms with van der Waals surface area (Å²) in [6.07, 6.45) is 0. The molecule has 1 heterocycles. The summed E-state index contributed by atoms with van der Waals surface area (Å²) in [5.41, 5.74) is 2.87. The fourth-order valence-electron chi connectivity index (χ4n) is 3.23. The van der Waals surface area contributed by atoms with Crippen LogP contribution in [0.15, 0.2) is 42.5 Å². The first kappa shape index (κ1) is 18.5. The molecule has 1 fully saturated rings. The number of nitrogens with zero attached hydrogens (tertiary/aromatic N) is 1. The lowest BCUT2D eigenvalue weighted by Crippen LogP contribution is -3.15. The predicted molar refractivity (Wildman–Crippen MR) is 106 cm³/mol. The van der Waals surface area contributed by atoms with Crippen molar-refractivity contribution in [2.75, 3.05) is 50.1 Å². The van der Waals surface area contributed by atoms with E-state index in [0.717, 1.165) is 48.9 Å². The Hall–Kier alpha value is -2.24. The number of para-hydroxylation sites is 2. The summed E-state index contributed by atoms with van der Waals surface area (Å²) in [7, 11) is 1.70. The van der Waals surface area contributed by atoms with Gasteiger partial charge in [0.2, 0.25) is 0 Å². The van der Waals surface area contributed by atoms with Crippen LogP contribution in [0.4, 0.5) is 11.4 Å². The molecule has 1 amide bonds. The second kappa shape index (κ2) is 8.43. The molecular weight excluding hydrogens is 350 g/mol. The molecule has 3 rings (SSSR count). The average Bonchev–Trinajstić information content (AvgIpc) is 2.65. The van der Waals surface area contributed by atoms with Crippen molar-refractivity contribution >= 4 is 28.9 Å². The maximum Gasteiger partial charge on any atom is 0.279 e. The molecule has 2 aromatic rings. The number of ether oxygens (including phenoxy) is 1. The zero-order valence-electron chi connectivity index (χ0n) is 15.2. The van der Waals surface area contributed by atoms with Crippen LogP contribution in [0.1, 0.15) is 5.56 Å². The van der Waals surface area contributed by atoms with Crippen molar-refractivity contribution in [3.05, 3.63) is 53.1 Å². The van der Waals surface area contributed by atoms with E-state index in [2.05, 4.69) is 16.3 Å². The van der Waals surface area contributed by atoms with E-state index in [1.54, 1.807) is 13.2 Å². The highest BCUT2D eigenvalue weighted by Gasteiger charge is 2.23. The smallest absolute Gasteiger partial charge is 0.279 e. The molecular formula is C20H25ClN3O2+. The van der Waals surface area contributed by atoms with Gasteiger partial charge in [0, 0.05) is 10.7 Å². The second-order valence-electron chi connectivity index (χ2n) is 6.60. The van der Waals surface area contributed by atoms with Crippen molar-refractivity contribution < 1.29 is 14.4 Å². The van der Waals surface area contributed by atoms with Crippen molar-refractivity contribution in [1.29, 1.82) is 0 Å². The molecule has 1 saturated heterocycles. The Bertz CT molecular complexity index is 773. The number of piperazine rings is 1. The molecule has 1 aliphatic rings. The van der Waals surface area contributed by atoms with Gasteiger partial charge in [0.15, 0.2) is 6.54 Å². The number of hydrogen-bond donors (Lipinski definition) is 2. The van der Waals surface area contributed by atoms with Gasteiger partial charge in [-0.3, -0.25) is 4.79 Å². The molecule has 0 spiro atoms. The van der Waals surface area contributed by atoms with Crippen molar-refractivity contribution in [3.8, 4) is 5.75 Å². The maximum atomic E-state index is 12.3. The van der Waals surface area contributed by atoms with Gasteiger partial charge in [-0.25, -0.2) is 0 Å². The van der Waals surface area contributed by atoms with E-state index in [1.807, 2.05) is 37.3 Å². The first-order chi connectivity index (χ1) is 12.6. The number of aryl methyl sites for hydroxylation is 1. The highest BCUT2D eigenvalue weighted by Crippen LogP contribution is 2.27. The number of methoxy groups -OCH3 is 1. The van der Waals surface area contributed by atoms with Crippen LogP contribution >= 0.6 is 11.6 Å². The summed E-state index contributed by atoms with van der Waals surface area (Å²) < 4.78 is 5.45. The Balaban J connectivity index is 1.52. The molecule has 0 radical (unpaired) electrons. The van der Waals surface area contributed by atoms with E-state index in [1.165, 1.54) is 4.90 Å². The van der Waals surface area contributed by atoms with E-state index in [0.29, 0.717) is 11.6 Å². The first-order valence-electron chi connectivity index (χ1n) is 8.84. The lowest BCUT2D eigenvalue weighted by atomic mass is 10.2. The minimum Gasteiger partial charge on any atom is -0.495 e. The summed E-state index contributed by atoms with van der Waals surface area (Å²) in [6, 6.07) is 13.7. The van der Waals surface area contributed by atoms with Gasteiger partial charge in [-0.2, -0.15) is 0 Å². The van der Waals surface area contributed by atoms with Crippen molar-refractivity contribution in [2.45, 2.75) is 6.92 Å². The molecule has 2 aromatic carbocycles. The lowest BCUT2D eigenvalue weighted by Gasteiger charge is -2.34. The molecule has 0 aromatic heterocycles. The summed E-state index contributed by atoms with van der Waals surface area (Å²) in [5, 5.41) is 3.61. The lowest BCUT2D eigenvalue weighted by molar-refractivity contribution is -0.892. The van der Waals surface area contributed by atoms with E-state index < -0.39 is 0 Å². The number of benzene rings is 2. The van der Waals surface area contributed by atoms with Gasteiger partial charge >= 0.3 is 0 Å². The molecule has 138 valence electrons. The molecule has 0 unspecified atom stereocenters. The topological polar surface area (TPSA) is 46.0 Å². The van der Waals surface area contributed by atoms with Crippen LogP contribution in [0.5, 0.6) is 5.75 Å². The first-order valence-corrected chi connectivity index (χ1v) is 9.22. The third kappa shape index (κ3) is 4.48. The molecule has 6 heteroatoms. The Kier molecular flexibility index (Phi) is 6.01. The van der Waals surface area contributed by atoms with Gasteiger partial charge in [-0.1, -0.05) is 29.8 Å². The van der Waals surface area contributed by atoms with Gasteiger partial charge in [-0.05, 0) is 36.8 Å². The fraction of sp³-hybridized carbons (Fsp3) is 0.350. The van der Waals surface area contributed by atoms with Crippen LogP contribution < -0.4 is 19.9 Å². The molecule has 5 nitrogen and oxygen atoms in total. The van der Waals surface area contributed by atoms with Gasteiger partial charge in [-0.15, -0.1) is 0 Å². The molecule has 0 aliphatic carbocycles. The monoisotopic (exact) mass is 374 g/mol. The average molecular weight is 375 g/mol. The van der Waals surface area contributed by atoms with Crippen molar-refractivity contribution in [2.24, 2.45) is 0 Å². The van der Waals surface area contributed by atoms with E-state index in [9.17, 15) is 4.79 Å². The van der Waals surface area contributed by atoms with E-state index in [4.69, 9.17) is 16.3 Å². The Labute approximate surface area is 159 Å². The number of carbonyl (C=O) groups is 1. The van der Waals surface area contributed by atoms with Crippen LogP contribution in [-0.2, 0) is 4.79 Å². The Morgan fingerprint density at radius 1 is 1.23 bits per heavy atom. The zero-order valence-corrected chi connectivity index (χ0v) is 16.0. The number of carbonyl (C=O) groups excluding carboxylic acids is 1. The highest BCUT2D eigenvalue weighted by molar-refractivity contribution is 6.31. The second-order valence-corrected chi connectivity index (χ2v) is 7.01. The maximum absolute atomic E-state index is 12.3. The third-order valence-corrected chi connectivity index (χ3v) is 5.17. The standard InChI is InChI=1S/C20H24ClN3O2/c1-15-7-8-16(13-17(15)21)22-20(25)14-23-9-11-24(12-10-23)18-5-3-4-6-19(18)26-2/h3-8,13H,9-12,14H2,1-2H3,(H,22,25)/p+1. The molecule has 0 bridgehead atoms. The SMILES string of the molecule is COc1ccccc1N1CC[NH+](CC(=O)Nc2ccc(C)c(Cl)c2)CC1. The fourth-order valence-corrected chi connectivity index (χ4v) is 3.42. The van der Waals surface area contributed by atoms with Crippen molar-refractivity contribution in [3.63, 3.8) is 0 Å². The van der Waals surface area contributed by atoms with Gasteiger partial charge < -0.3 is 19.9 Å². The normalized spacial score (nSPS) is 15.0. The quantitative estimate of drug-likeness (QED) is 0.841. The third-order valence-electron chi connectivity index (χ3n) is 4.76. The molecule has 1 aliphatic heterocycles. The minimum atomic E-state index is 0.0191. The number of nitrogens with one attached hydrogen (secondary N) is 2. The van der Waals surface area contributed by atoms with E-state index >= 15 is 0 Å². The molecule has 0 saturated carbocycles. The van der Waals surface area contributed by atoms with Crippen LogP contribution in [0.3, 0.4) is 0 Å². The number of quaternary nitrogens is 1. The predicted octanol–water partition coefficient (Wildman–Crippen LogP) is 2.00. The van der Waals surface area contributed by atoms with Crippen LogP contribution in [0.25, 0.3) is 0 Å². The summed E-state index contributed by atoms with van der Waals surface area (Å²) >= 11 is 6.12. The number of anilines is 2. The summed E-state index contributed by atoms with van der Waals surface area (Å²) in [5.74, 6) is 0.913. The number of amides is 1. The van der Waals surface area contributed by atoms with Gasteiger partial charge in [0.25, 0.3) is 5.91 Å². The van der Waals surface area contributed by atoms with E-state index in [-0.39, 0.29) is 5.91 Å². The van der Waals surface area contributed by atoms with Crippen LogP contribution in [-0.4, -0.2) is 45.7 Å².